The van der Waals surface area contributed by atoms with E-state index in [4.69, 9.17) is 16.0 Å². The van der Waals surface area contributed by atoms with Crippen LogP contribution in [0.2, 0.25) is 5.02 Å². The van der Waals surface area contributed by atoms with Crippen LogP contribution in [-0.4, -0.2) is 32.0 Å². The first-order valence-electron chi connectivity index (χ1n) is 9.98. The summed E-state index contributed by atoms with van der Waals surface area (Å²) in [4.78, 5) is 19.2. The molecule has 4 rings (SSSR count). The van der Waals surface area contributed by atoms with Gasteiger partial charge >= 0.3 is 0 Å². The second-order valence-electron chi connectivity index (χ2n) is 7.42. The molecule has 0 aliphatic carbocycles. The lowest BCUT2D eigenvalue weighted by atomic mass is 10.2. The van der Waals surface area contributed by atoms with Crippen LogP contribution >= 0.6 is 22.9 Å². The SMILES string of the molecule is CC(C)N(Cc1nnc(-c2ccccc2Cl)o1)C(=O)Cc1csc(-c2ccc(F)cc2)n1. The van der Waals surface area contributed by atoms with Gasteiger partial charge in [0, 0.05) is 17.0 Å². The van der Waals surface area contributed by atoms with Gasteiger partial charge in [-0.1, -0.05) is 23.7 Å². The summed E-state index contributed by atoms with van der Waals surface area (Å²) < 4.78 is 18.9. The molecule has 0 radical (unpaired) electrons. The summed E-state index contributed by atoms with van der Waals surface area (Å²) in [6.07, 6.45) is 0.140. The lowest BCUT2D eigenvalue weighted by molar-refractivity contribution is -0.133. The van der Waals surface area contributed by atoms with Gasteiger partial charge in [0.05, 0.1) is 29.2 Å². The summed E-state index contributed by atoms with van der Waals surface area (Å²) in [5.74, 6) is 0.234. The minimum Gasteiger partial charge on any atom is -0.419 e. The third kappa shape index (κ3) is 5.03. The first kappa shape index (κ1) is 22.1. The van der Waals surface area contributed by atoms with Crippen molar-refractivity contribution < 1.29 is 13.6 Å². The van der Waals surface area contributed by atoms with Crippen molar-refractivity contribution in [3.05, 3.63) is 76.3 Å². The van der Waals surface area contributed by atoms with Gasteiger partial charge in [0.1, 0.15) is 10.8 Å². The fraction of sp³-hybridized carbons (Fsp3) is 0.217. The normalized spacial score (nSPS) is 11.2. The molecule has 2 aromatic heterocycles. The van der Waals surface area contributed by atoms with Gasteiger partial charge in [-0.3, -0.25) is 4.79 Å². The molecule has 32 heavy (non-hydrogen) atoms. The zero-order valence-corrected chi connectivity index (χ0v) is 19.0. The van der Waals surface area contributed by atoms with E-state index in [0.29, 0.717) is 28.1 Å². The summed E-state index contributed by atoms with van der Waals surface area (Å²) in [6.45, 7) is 4.03. The standard InChI is InChI=1S/C23H20ClFN4O2S/c1-14(2)29(12-20-27-28-22(31-20)18-5-3-4-6-19(18)24)21(30)11-17-13-32-23(26-17)15-7-9-16(25)10-8-15/h3-10,13-14H,11-12H2,1-2H3. The van der Waals surface area contributed by atoms with E-state index in [0.717, 1.165) is 10.6 Å². The Hall–Kier alpha value is -3.10. The molecule has 0 N–H and O–H groups in total. The van der Waals surface area contributed by atoms with Crippen LogP contribution in [0.15, 0.2) is 58.3 Å². The maximum absolute atomic E-state index is 13.1. The van der Waals surface area contributed by atoms with Crippen molar-refractivity contribution in [2.24, 2.45) is 0 Å². The van der Waals surface area contributed by atoms with E-state index in [-0.39, 0.29) is 30.7 Å². The minimum absolute atomic E-state index is 0.0756. The van der Waals surface area contributed by atoms with Crippen molar-refractivity contribution >= 4 is 28.8 Å². The van der Waals surface area contributed by atoms with Crippen molar-refractivity contribution in [2.75, 3.05) is 0 Å². The average Bonchev–Trinajstić information content (AvgIpc) is 3.42. The number of thiazole rings is 1. The minimum atomic E-state index is -0.299. The van der Waals surface area contributed by atoms with Crippen molar-refractivity contribution in [3.63, 3.8) is 0 Å². The third-order valence-electron chi connectivity index (χ3n) is 4.80. The molecule has 0 atom stereocenters. The number of aromatic nitrogens is 3. The highest BCUT2D eigenvalue weighted by atomic mass is 35.5. The van der Waals surface area contributed by atoms with Crippen molar-refractivity contribution in [2.45, 2.75) is 32.9 Å². The van der Waals surface area contributed by atoms with E-state index >= 15 is 0 Å². The molecule has 1 amide bonds. The molecule has 0 spiro atoms. The van der Waals surface area contributed by atoms with E-state index < -0.39 is 0 Å². The lowest BCUT2D eigenvalue weighted by Gasteiger charge is -2.24. The first-order chi connectivity index (χ1) is 15.4. The zero-order chi connectivity index (χ0) is 22.7. The van der Waals surface area contributed by atoms with Crippen LogP contribution in [-0.2, 0) is 17.8 Å². The number of hydrogen-bond donors (Lipinski definition) is 0. The van der Waals surface area contributed by atoms with Gasteiger partial charge in [-0.15, -0.1) is 21.5 Å². The monoisotopic (exact) mass is 470 g/mol. The number of hydrogen-bond acceptors (Lipinski definition) is 6. The highest BCUT2D eigenvalue weighted by Crippen LogP contribution is 2.27. The molecule has 9 heteroatoms. The molecule has 0 bridgehead atoms. The number of rotatable bonds is 7. The number of amides is 1. The second kappa shape index (κ2) is 9.58. The fourth-order valence-electron chi connectivity index (χ4n) is 3.14. The van der Waals surface area contributed by atoms with E-state index in [1.54, 1.807) is 29.2 Å². The molecule has 4 aromatic rings. The Morgan fingerprint density at radius 1 is 1.16 bits per heavy atom. The van der Waals surface area contributed by atoms with Crippen molar-refractivity contribution in [1.82, 2.24) is 20.1 Å². The molecule has 6 nitrogen and oxygen atoms in total. The smallest absolute Gasteiger partial charge is 0.249 e. The third-order valence-corrected chi connectivity index (χ3v) is 6.07. The maximum atomic E-state index is 13.1. The number of halogens is 2. The van der Waals surface area contributed by atoms with Crippen LogP contribution in [0.3, 0.4) is 0 Å². The van der Waals surface area contributed by atoms with E-state index in [9.17, 15) is 9.18 Å². The molecule has 0 saturated heterocycles. The summed E-state index contributed by atoms with van der Waals surface area (Å²) in [5, 5.41) is 11.3. The summed E-state index contributed by atoms with van der Waals surface area (Å²) in [5.41, 5.74) is 2.12. The van der Waals surface area contributed by atoms with Crippen molar-refractivity contribution in [1.29, 1.82) is 0 Å². The Labute approximate surface area is 193 Å². The summed E-state index contributed by atoms with van der Waals surface area (Å²) in [7, 11) is 0. The molecule has 2 heterocycles. The fourth-order valence-corrected chi connectivity index (χ4v) is 4.18. The van der Waals surface area contributed by atoms with Gasteiger partial charge < -0.3 is 9.32 Å². The number of carbonyl (C=O) groups is 1. The number of carbonyl (C=O) groups excluding carboxylic acids is 1. The molecule has 0 saturated carbocycles. The van der Waals surface area contributed by atoms with Crippen LogP contribution in [0.1, 0.15) is 25.4 Å². The molecule has 0 unspecified atom stereocenters. The van der Waals surface area contributed by atoms with E-state index in [1.165, 1.54) is 23.5 Å². The molecule has 0 fully saturated rings. The van der Waals surface area contributed by atoms with Crippen LogP contribution in [0, 0.1) is 5.82 Å². The average molecular weight is 471 g/mol. The molecule has 0 aliphatic rings. The Morgan fingerprint density at radius 3 is 2.62 bits per heavy atom. The van der Waals surface area contributed by atoms with Crippen LogP contribution < -0.4 is 0 Å². The van der Waals surface area contributed by atoms with Gasteiger partial charge in [0.15, 0.2) is 0 Å². The highest BCUT2D eigenvalue weighted by Gasteiger charge is 2.22. The number of benzene rings is 2. The molecular weight excluding hydrogens is 451 g/mol. The Balaban J connectivity index is 1.46. The van der Waals surface area contributed by atoms with Gasteiger partial charge in [0.2, 0.25) is 17.7 Å². The summed E-state index contributed by atoms with van der Waals surface area (Å²) in [6, 6.07) is 13.3. The second-order valence-corrected chi connectivity index (χ2v) is 8.69. The number of nitrogens with zero attached hydrogens (tertiary/aromatic N) is 4. The quantitative estimate of drug-likeness (QED) is 0.350. The van der Waals surface area contributed by atoms with Crippen LogP contribution in [0.5, 0.6) is 0 Å². The Kier molecular flexibility index (Phi) is 6.62. The van der Waals surface area contributed by atoms with E-state index in [2.05, 4.69) is 15.2 Å². The molecule has 0 aliphatic heterocycles. The first-order valence-corrected chi connectivity index (χ1v) is 11.2. The topological polar surface area (TPSA) is 72.1 Å². The predicted octanol–water partition coefficient (Wildman–Crippen LogP) is 5.63. The molecular formula is C23H20ClFN4O2S. The van der Waals surface area contributed by atoms with Gasteiger partial charge in [-0.25, -0.2) is 9.37 Å². The van der Waals surface area contributed by atoms with Gasteiger partial charge in [-0.2, -0.15) is 0 Å². The molecule has 164 valence electrons. The van der Waals surface area contributed by atoms with Gasteiger partial charge in [-0.05, 0) is 50.2 Å². The van der Waals surface area contributed by atoms with Crippen LogP contribution in [0.4, 0.5) is 4.39 Å². The maximum Gasteiger partial charge on any atom is 0.249 e. The predicted molar refractivity (Wildman–Crippen MR) is 122 cm³/mol. The zero-order valence-electron chi connectivity index (χ0n) is 17.5. The molecule has 2 aromatic carbocycles. The summed E-state index contributed by atoms with van der Waals surface area (Å²) >= 11 is 7.62. The largest absolute Gasteiger partial charge is 0.419 e. The lowest BCUT2D eigenvalue weighted by Crippen LogP contribution is -2.37. The Morgan fingerprint density at radius 2 is 1.91 bits per heavy atom. The van der Waals surface area contributed by atoms with Gasteiger partial charge in [0.25, 0.3) is 0 Å². The van der Waals surface area contributed by atoms with Crippen LogP contribution in [0.25, 0.3) is 22.0 Å². The highest BCUT2D eigenvalue weighted by molar-refractivity contribution is 7.13. The van der Waals surface area contributed by atoms with E-state index in [1.807, 2.05) is 31.4 Å². The Bertz CT molecular complexity index is 1220. The van der Waals surface area contributed by atoms with Crippen molar-refractivity contribution in [3.8, 4) is 22.0 Å².